The highest BCUT2D eigenvalue weighted by Gasteiger charge is 2.25. The van der Waals surface area contributed by atoms with Gasteiger partial charge in [-0.2, -0.15) is 10.2 Å². The van der Waals surface area contributed by atoms with Crippen LogP contribution in [0.1, 0.15) is 46.8 Å². The molecule has 4 rings (SSSR count). The van der Waals surface area contributed by atoms with Crippen molar-refractivity contribution < 1.29 is 18.4 Å². The van der Waals surface area contributed by atoms with E-state index in [9.17, 15) is 18.4 Å². The second-order valence-electron chi connectivity index (χ2n) is 7.38. The molecule has 0 unspecified atom stereocenters. The van der Waals surface area contributed by atoms with Crippen molar-refractivity contribution in [3.05, 3.63) is 64.7 Å². The quantitative estimate of drug-likeness (QED) is 0.389. The third-order valence-corrected chi connectivity index (χ3v) is 4.93. The first kappa shape index (κ1) is 22.3. The van der Waals surface area contributed by atoms with Crippen LogP contribution in [0, 0.1) is 0 Å². The van der Waals surface area contributed by atoms with Crippen molar-refractivity contribution in [1.29, 1.82) is 0 Å². The summed E-state index contributed by atoms with van der Waals surface area (Å²) in [6, 6.07) is 7.04. The third kappa shape index (κ3) is 4.40. The lowest BCUT2D eigenvalue weighted by molar-refractivity contribution is 0.0945. The minimum atomic E-state index is -2.92. The van der Waals surface area contributed by atoms with E-state index in [-0.39, 0.29) is 33.8 Å². The molecule has 0 saturated carbocycles. The molecular formula is C21H18ClF2N7O2. The molecule has 3 aromatic heterocycles. The van der Waals surface area contributed by atoms with Gasteiger partial charge in [-0.05, 0) is 44.2 Å². The molecular weight excluding hydrogens is 456 g/mol. The molecule has 0 aliphatic carbocycles. The van der Waals surface area contributed by atoms with E-state index < -0.39 is 23.9 Å². The lowest BCUT2D eigenvalue weighted by Gasteiger charge is -2.14. The van der Waals surface area contributed by atoms with Gasteiger partial charge in [0.2, 0.25) is 0 Å². The molecule has 0 spiro atoms. The first-order valence-corrected chi connectivity index (χ1v) is 10.2. The summed E-state index contributed by atoms with van der Waals surface area (Å²) in [4.78, 5) is 30.1. The van der Waals surface area contributed by atoms with Crippen molar-refractivity contribution >= 4 is 40.0 Å². The number of rotatable bonds is 6. The first-order chi connectivity index (χ1) is 15.8. The molecule has 0 bridgehead atoms. The second-order valence-corrected chi connectivity index (χ2v) is 7.79. The molecule has 33 heavy (non-hydrogen) atoms. The fourth-order valence-corrected chi connectivity index (χ4v) is 3.44. The van der Waals surface area contributed by atoms with Crippen LogP contribution in [-0.4, -0.2) is 42.8 Å². The number of halogens is 3. The summed E-state index contributed by atoms with van der Waals surface area (Å²) in [5.74, 6) is -1.21. The Morgan fingerprint density at radius 1 is 1.18 bits per heavy atom. The van der Waals surface area contributed by atoms with Crippen molar-refractivity contribution in [2.24, 2.45) is 0 Å². The van der Waals surface area contributed by atoms with Gasteiger partial charge in [0, 0.05) is 17.6 Å². The Morgan fingerprint density at radius 3 is 2.67 bits per heavy atom. The molecule has 3 N–H and O–H groups in total. The van der Waals surface area contributed by atoms with Crippen molar-refractivity contribution in [2.75, 3.05) is 5.32 Å². The van der Waals surface area contributed by atoms with E-state index in [1.165, 1.54) is 18.3 Å². The number of anilines is 1. The summed E-state index contributed by atoms with van der Waals surface area (Å²) in [6.07, 6.45) is 0.0156. The van der Waals surface area contributed by atoms with Crippen LogP contribution < -0.4 is 10.6 Å². The molecule has 0 aliphatic rings. The number of hydrogen-bond donors (Lipinski definition) is 3. The maximum atomic E-state index is 13.4. The SMILES string of the molecule is CC(C)NC(=O)c1c(NC(=O)c2cc(C(F)F)nn2-c2ncccc2Cl)ccc2cn[nH]c12. The number of aromatic nitrogens is 5. The van der Waals surface area contributed by atoms with E-state index in [1.807, 2.05) is 0 Å². The lowest BCUT2D eigenvalue weighted by Crippen LogP contribution is -2.31. The smallest absolute Gasteiger partial charge is 0.282 e. The van der Waals surface area contributed by atoms with Gasteiger partial charge in [0.05, 0.1) is 28.0 Å². The second kappa shape index (κ2) is 8.94. The monoisotopic (exact) mass is 473 g/mol. The van der Waals surface area contributed by atoms with Gasteiger partial charge >= 0.3 is 0 Å². The maximum absolute atomic E-state index is 13.4. The van der Waals surface area contributed by atoms with Gasteiger partial charge in [-0.3, -0.25) is 14.7 Å². The average Bonchev–Trinajstić information content (AvgIpc) is 3.40. The highest BCUT2D eigenvalue weighted by molar-refractivity contribution is 6.32. The van der Waals surface area contributed by atoms with E-state index in [4.69, 9.17) is 11.6 Å². The normalized spacial score (nSPS) is 11.4. The molecule has 2 amide bonds. The van der Waals surface area contributed by atoms with Crippen LogP contribution in [0.15, 0.2) is 42.7 Å². The molecule has 1 aromatic carbocycles. The highest BCUT2D eigenvalue weighted by atomic mass is 35.5. The van der Waals surface area contributed by atoms with Crippen LogP contribution >= 0.6 is 11.6 Å². The van der Waals surface area contributed by atoms with Crippen LogP contribution in [0.2, 0.25) is 5.02 Å². The zero-order valence-corrected chi connectivity index (χ0v) is 18.2. The van der Waals surface area contributed by atoms with Gasteiger partial charge in [-0.25, -0.2) is 18.4 Å². The molecule has 170 valence electrons. The van der Waals surface area contributed by atoms with Crippen LogP contribution in [0.3, 0.4) is 0 Å². The molecule has 12 heteroatoms. The molecule has 0 radical (unpaired) electrons. The zero-order valence-electron chi connectivity index (χ0n) is 17.4. The summed E-state index contributed by atoms with van der Waals surface area (Å²) in [5, 5.41) is 16.7. The topological polar surface area (TPSA) is 118 Å². The van der Waals surface area contributed by atoms with Crippen LogP contribution in [0.25, 0.3) is 16.7 Å². The van der Waals surface area contributed by atoms with Gasteiger partial charge in [-0.15, -0.1) is 0 Å². The number of carbonyl (C=O) groups is 2. The summed E-state index contributed by atoms with van der Waals surface area (Å²) >= 11 is 6.15. The summed E-state index contributed by atoms with van der Waals surface area (Å²) in [5.41, 5.74) is -0.119. The molecule has 0 aliphatic heterocycles. The Hall–Kier alpha value is -3.86. The number of fused-ring (bicyclic) bond motifs is 1. The Labute approximate surface area is 191 Å². The molecule has 0 saturated heterocycles. The van der Waals surface area contributed by atoms with E-state index in [0.29, 0.717) is 10.9 Å². The summed E-state index contributed by atoms with van der Waals surface area (Å²) < 4.78 is 27.7. The Bertz CT molecular complexity index is 1350. The number of nitrogens with one attached hydrogen (secondary N) is 3. The molecule has 0 fully saturated rings. The lowest BCUT2D eigenvalue weighted by atomic mass is 10.1. The Kier molecular flexibility index (Phi) is 6.05. The molecule has 3 heterocycles. The van der Waals surface area contributed by atoms with E-state index in [0.717, 1.165) is 10.7 Å². The van der Waals surface area contributed by atoms with Crippen molar-refractivity contribution in [3.8, 4) is 5.82 Å². The number of alkyl halides is 2. The number of aromatic amines is 1. The van der Waals surface area contributed by atoms with E-state index in [2.05, 4.69) is 30.9 Å². The van der Waals surface area contributed by atoms with E-state index >= 15 is 0 Å². The standard InChI is InChI=1S/C21H18ClF2N7O2/c1-10(2)27-21(33)16-13(6-5-11-9-26-29-17(11)16)28-20(32)15-8-14(18(23)24)30-31(15)19-12(22)4-3-7-25-19/h3-10,18H,1-2H3,(H,26,29)(H,27,33)(H,28,32). The van der Waals surface area contributed by atoms with Crippen molar-refractivity contribution in [3.63, 3.8) is 0 Å². The number of amides is 2. The fourth-order valence-electron chi connectivity index (χ4n) is 3.24. The van der Waals surface area contributed by atoms with Gasteiger partial charge in [0.15, 0.2) is 5.82 Å². The molecule has 9 nitrogen and oxygen atoms in total. The van der Waals surface area contributed by atoms with Crippen LogP contribution in [0.4, 0.5) is 14.5 Å². The molecule has 0 atom stereocenters. The number of benzene rings is 1. The van der Waals surface area contributed by atoms with E-state index in [1.54, 1.807) is 32.2 Å². The predicted octanol–water partition coefficient (Wildman–Crippen LogP) is 4.13. The minimum absolute atomic E-state index is 0.0120. The number of nitrogens with zero attached hydrogens (tertiary/aromatic N) is 4. The summed E-state index contributed by atoms with van der Waals surface area (Å²) in [6.45, 7) is 3.59. The number of hydrogen-bond acceptors (Lipinski definition) is 5. The van der Waals surface area contributed by atoms with Crippen LogP contribution in [-0.2, 0) is 0 Å². The van der Waals surface area contributed by atoms with Gasteiger partial charge in [0.1, 0.15) is 11.4 Å². The Balaban J connectivity index is 1.78. The number of pyridine rings is 1. The van der Waals surface area contributed by atoms with Gasteiger partial charge in [-0.1, -0.05) is 11.6 Å². The van der Waals surface area contributed by atoms with Crippen molar-refractivity contribution in [2.45, 2.75) is 26.3 Å². The zero-order chi connectivity index (χ0) is 23.7. The fraction of sp³-hybridized carbons (Fsp3) is 0.190. The van der Waals surface area contributed by atoms with Gasteiger partial charge in [0.25, 0.3) is 18.2 Å². The predicted molar refractivity (Wildman–Crippen MR) is 118 cm³/mol. The van der Waals surface area contributed by atoms with Gasteiger partial charge < -0.3 is 10.6 Å². The number of carbonyl (C=O) groups excluding carboxylic acids is 2. The third-order valence-electron chi connectivity index (χ3n) is 4.64. The molecule has 4 aromatic rings. The minimum Gasteiger partial charge on any atom is -0.350 e. The maximum Gasteiger partial charge on any atom is 0.282 e. The number of H-pyrrole nitrogens is 1. The Morgan fingerprint density at radius 2 is 1.97 bits per heavy atom. The first-order valence-electron chi connectivity index (χ1n) is 9.83. The summed E-state index contributed by atoms with van der Waals surface area (Å²) in [7, 11) is 0. The largest absolute Gasteiger partial charge is 0.350 e. The van der Waals surface area contributed by atoms with Crippen molar-refractivity contribution in [1.82, 2.24) is 30.3 Å². The average molecular weight is 474 g/mol. The highest BCUT2D eigenvalue weighted by Crippen LogP contribution is 2.27. The van der Waals surface area contributed by atoms with Crippen LogP contribution in [0.5, 0.6) is 0 Å².